The lowest BCUT2D eigenvalue weighted by atomic mass is 10.3. The van der Waals surface area contributed by atoms with Gasteiger partial charge < -0.3 is 14.9 Å². The predicted octanol–water partition coefficient (Wildman–Crippen LogP) is 1.23. The van der Waals surface area contributed by atoms with Crippen LogP contribution in [0.2, 0.25) is 0 Å². The predicted molar refractivity (Wildman–Crippen MR) is 46.1 cm³/mol. The van der Waals surface area contributed by atoms with Crippen molar-refractivity contribution >= 4 is 18.9 Å². The molecule has 1 atom stereocenters. The standard InChI is InChI=1S/C6H9O4PS/c1-4-2-3-12-5(4)6(7)11(8,9)10/h2-3,6-7H,1H3,(H2,8,9,10). The molecule has 0 radical (unpaired) electrons. The van der Waals surface area contributed by atoms with Crippen LogP contribution in [0.15, 0.2) is 11.4 Å². The summed E-state index contributed by atoms with van der Waals surface area (Å²) in [5, 5.41) is 10.9. The fraction of sp³-hybridized carbons (Fsp3) is 0.333. The van der Waals surface area contributed by atoms with E-state index in [2.05, 4.69) is 0 Å². The van der Waals surface area contributed by atoms with E-state index in [0.717, 1.165) is 11.3 Å². The molecule has 0 fully saturated rings. The van der Waals surface area contributed by atoms with Crippen LogP contribution in [0.3, 0.4) is 0 Å². The number of hydrogen-bond acceptors (Lipinski definition) is 3. The van der Waals surface area contributed by atoms with Gasteiger partial charge in [-0.3, -0.25) is 4.57 Å². The van der Waals surface area contributed by atoms with Crippen molar-refractivity contribution in [1.82, 2.24) is 0 Å². The highest BCUT2D eigenvalue weighted by Gasteiger charge is 2.29. The van der Waals surface area contributed by atoms with E-state index in [0.29, 0.717) is 10.4 Å². The molecule has 68 valence electrons. The minimum atomic E-state index is -4.41. The first-order chi connectivity index (χ1) is 5.43. The van der Waals surface area contributed by atoms with Crippen molar-refractivity contribution in [3.05, 3.63) is 21.9 Å². The molecule has 0 spiro atoms. The van der Waals surface area contributed by atoms with Crippen molar-refractivity contribution in [2.75, 3.05) is 0 Å². The Bertz CT molecular complexity index is 315. The summed E-state index contributed by atoms with van der Waals surface area (Å²) in [4.78, 5) is 17.6. The zero-order valence-corrected chi connectivity index (χ0v) is 8.05. The second kappa shape index (κ2) is 3.28. The van der Waals surface area contributed by atoms with E-state index < -0.39 is 13.4 Å². The summed E-state index contributed by atoms with van der Waals surface area (Å²) in [6.45, 7) is 1.70. The monoisotopic (exact) mass is 208 g/mol. The van der Waals surface area contributed by atoms with Crippen LogP contribution in [0.5, 0.6) is 0 Å². The molecule has 12 heavy (non-hydrogen) atoms. The molecule has 0 saturated carbocycles. The highest BCUT2D eigenvalue weighted by Crippen LogP contribution is 2.51. The molecule has 4 nitrogen and oxygen atoms in total. The molecule has 0 bridgehead atoms. The highest BCUT2D eigenvalue weighted by molar-refractivity contribution is 7.52. The van der Waals surface area contributed by atoms with E-state index in [-0.39, 0.29) is 0 Å². The van der Waals surface area contributed by atoms with Crippen LogP contribution in [-0.2, 0) is 4.57 Å². The average molecular weight is 208 g/mol. The maximum atomic E-state index is 10.6. The van der Waals surface area contributed by atoms with Crippen LogP contribution in [0.1, 0.15) is 16.3 Å². The maximum Gasteiger partial charge on any atom is 0.359 e. The minimum Gasteiger partial charge on any atom is -0.376 e. The molecule has 0 saturated heterocycles. The van der Waals surface area contributed by atoms with Gasteiger partial charge in [-0.05, 0) is 23.9 Å². The molecule has 6 heteroatoms. The Morgan fingerprint density at radius 2 is 2.17 bits per heavy atom. The van der Waals surface area contributed by atoms with Crippen molar-refractivity contribution in [3.63, 3.8) is 0 Å². The van der Waals surface area contributed by atoms with Gasteiger partial charge in [0.05, 0.1) is 0 Å². The van der Waals surface area contributed by atoms with Crippen LogP contribution < -0.4 is 0 Å². The summed E-state index contributed by atoms with van der Waals surface area (Å²) in [5.74, 6) is -1.67. The second-order valence-electron chi connectivity index (χ2n) is 2.43. The van der Waals surface area contributed by atoms with Gasteiger partial charge in [-0.25, -0.2) is 0 Å². The van der Waals surface area contributed by atoms with Gasteiger partial charge in [-0.2, -0.15) is 0 Å². The van der Waals surface area contributed by atoms with Gasteiger partial charge in [-0.1, -0.05) is 0 Å². The van der Waals surface area contributed by atoms with Gasteiger partial charge in [0.1, 0.15) is 0 Å². The van der Waals surface area contributed by atoms with Crippen molar-refractivity contribution < 1.29 is 19.5 Å². The fourth-order valence-corrected chi connectivity index (χ4v) is 2.70. The molecule has 0 aliphatic carbocycles. The summed E-state index contributed by atoms with van der Waals surface area (Å²) in [5.41, 5.74) is 0.704. The Morgan fingerprint density at radius 3 is 2.50 bits per heavy atom. The summed E-state index contributed by atoms with van der Waals surface area (Å²) in [7, 11) is -4.41. The largest absolute Gasteiger partial charge is 0.376 e. The van der Waals surface area contributed by atoms with E-state index in [4.69, 9.17) is 9.79 Å². The van der Waals surface area contributed by atoms with E-state index in [1.807, 2.05) is 0 Å². The van der Waals surface area contributed by atoms with E-state index in [1.54, 1.807) is 18.4 Å². The molecule has 1 rings (SSSR count). The van der Waals surface area contributed by atoms with Crippen molar-refractivity contribution in [1.29, 1.82) is 0 Å². The number of rotatable bonds is 2. The van der Waals surface area contributed by atoms with Gasteiger partial charge in [0.25, 0.3) is 0 Å². The molecule has 0 aliphatic rings. The third kappa shape index (κ3) is 1.94. The molecule has 1 aromatic rings. The molecule has 1 unspecified atom stereocenters. The zero-order valence-electron chi connectivity index (χ0n) is 6.34. The minimum absolute atomic E-state index is 0.336. The van der Waals surface area contributed by atoms with Crippen LogP contribution in [0.4, 0.5) is 0 Å². The normalized spacial score (nSPS) is 14.7. The lowest BCUT2D eigenvalue weighted by Gasteiger charge is -2.10. The van der Waals surface area contributed by atoms with Crippen LogP contribution in [-0.4, -0.2) is 14.9 Å². The maximum absolute atomic E-state index is 10.6. The molecule has 0 aliphatic heterocycles. The van der Waals surface area contributed by atoms with Crippen LogP contribution in [0, 0.1) is 6.92 Å². The van der Waals surface area contributed by atoms with Crippen molar-refractivity contribution in [2.24, 2.45) is 0 Å². The van der Waals surface area contributed by atoms with E-state index in [1.165, 1.54) is 0 Å². The molecular formula is C6H9O4PS. The van der Waals surface area contributed by atoms with Gasteiger partial charge in [-0.15, -0.1) is 11.3 Å². The summed E-state index contributed by atoms with van der Waals surface area (Å²) in [6.07, 6.45) is 0. The number of aryl methyl sites for hydroxylation is 1. The van der Waals surface area contributed by atoms with Gasteiger partial charge >= 0.3 is 7.60 Å². The number of aliphatic hydroxyl groups is 1. The van der Waals surface area contributed by atoms with Crippen LogP contribution in [0.25, 0.3) is 0 Å². The molecule has 1 heterocycles. The number of aliphatic hydroxyl groups excluding tert-OH is 1. The first kappa shape index (κ1) is 9.89. The molecule has 3 N–H and O–H groups in total. The fourth-order valence-electron chi connectivity index (χ4n) is 0.802. The first-order valence-electron chi connectivity index (χ1n) is 3.20. The molecule has 1 aromatic heterocycles. The number of hydrogen-bond donors (Lipinski definition) is 3. The Morgan fingerprint density at radius 1 is 1.58 bits per heavy atom. The summed E-state index contributed by atoms with van der Waals surface area (Å²) >= 11 is 1.14. The van der Waals surface area contributed by atoms with Crippen LogP contribution >= 0.6 is 18.9 Å². The van der Waals surface area contributed by atoms with Gasteiger partial charge in [0.15, 0.2) is 5.85 Å². The van der Waals surface area contributed by atoms with Crippen molar-refractivity contribution in [3.8, 4) is 0 Å². The molecular weight excluding hydrogens is 199 g/mol. The van der Waals surface area contributed by atoms with Gasteiger partial charge in [0.2, 0.25) is 0 Å². The third-order valence-corrected chi connectivity index (χ3v) is 3.60. The molecule has 0 amide bonds. The first-order valence-corrected chi connectivity index (χ1v) is 5.76. The summed E-state index contributed by atoms with van der Waals surface area (Å²) in [6, 6.07) is 1.71. The van der Waals surface area contributed by atoms with Gasteiger partial charge in [0, 0.05) is 4.88 Å². The quantitative estimate of drug-likeness (QED) is 0.638. The Balaban J connectivity index is 3.00. The number of thiophene rings is 1. The lowest BCUT2D eigenvalue weighted by molar-refractivity contribution is 0.208. The average Bonchev–Trinajstić information content (AvgIpc) is 2.31. The molecule has 0 aromatic carbocycles. The third-order valence-electron chi connectivity index (χ3n) is 1.45. The summed E-state index contributed by atoms with van der Waals surface area (Å²) < 4.78 is 10.6. The van der Waals surface area contributed by atoms with Crippen molar-refractivity contribution in [2.45, 2.75) is 12.8 Å². The van der Waals surface area contributed by atoms with E-state index >= 15 is 0 Å². The highest BCUT2D eigenvalue weighted by atomic mass is 32.1. The SMILES string of the molecule is Cc1ccsc1C(O)P(=O)(O)O. The lowest BCUT2D eigenvalue weighted by Crippen LogP contribution is -1.96. The Hall–Kier alpha value is -0.190. The Labute approximate surface area is 73.6 Å². The zero-order chi connectivity index (χ0) is 9.35. The second-order valence-corrected chi connectivity index (χ2v) is 5.05. The van der Waals surface area contributed by atoms with E-state index in [9.17, 15) is 9.67 Å². The smallest absolute Gasteiger partial charge is 0.359 e. The Kier molecular flexibility index (Phi) is 2.70. The topological polar surface area (TPSA) is 77.8 Å².